The van der Waals surface area contributed by atoms with Crippen LogP contribution in [0.2, 0.25) is 0 Å². The van der Waals surface area contributed by atoms with Gasteiger partial charge in [0.1, 0.15) is 17.2 Å². The summed E-state index contributed by atoms with van der Waals surface area (Å²) in [6.07, 6.45) is 8.03. The summed E-state index contributed by atoms with van der Waals surface area (Å²) in [7, 11) is 0. The smallest absolute Gasteiger partial charge is 0.343 e. The molecule has 1 heterocycles. The van der Waals surface area contributed by atoms with Crippen LogP contribution in [0.3, 0.4) is 0 Å². The molecule has 1 saturated carbocycles. The average Bonchev–Trinajstić information content (AvgIpc) is 2.46. The monoisotopic (exact) mass is 295 g/mol. The summed E-state index contributed by atoms with van der Waals surface area (Å²) < 4.78 is 4.90. The Labute approximate surface area is 123 Å². The molecule has 110 valence electrons. The number of hydrogen-bond donors (Lipinski definition) is 1. The highest BCUT2D eigenvalue weighted by Crippen LogP contribution is 2.29. The Morgan fingerprint density at radius 1 is 1.45 bits per heavy atom. The van der Waals surface area contributed by atoms with Gasteiger partial charge in [0.05, 0.1) is 12.4 Å². The molecule has 20 heavy (non-hydrogen) atoms. The highest BCUT2D eigenvalue weighted by Gasteiger charge is 2.16. The molecule has 2 N–H and O–H groups in total. The largest absolute Gasteiger partial charge is 0.462 e. The lowest BCUT2D eigenvalue weighted by molar-refractivity contribution is 0.0526. The van der Waals surface area contributed by atoms with Crippen molar-refractivity contribution in [3.63, 3.8) is 0 Å². The summed E-state index contributed by atoms with van der Waals surface area (Å²) in [5.74, 6) is 1.18. The fraction of sp³-hybridized carbons (Fsp3) is 0.643. The Morgan fingerprint density at radius 3 is 2.85 bits per heavy atom. The lowest BCUT2D eigenvalue weighted by atomic mass is 10.0. The first-order chi connectivity index (χ1) is 9.70. The molecule has 1 fully saturated rings. The van der Waals surface area contributed by atoms with Crippen molar-refractivity contribution in [2.24, 2.45) is 0 Å². The zero-order valence-electron chi connectivity index (χ0n) is 11.8. The third-order valence-electron chi connectivity index (χ3n) is 3.36. The van der Waals surface area contributed by atoms with Gasteiger partial charge < -0.3 is 10.5 Å². The number of hydrogen-bond acceptors (Lipinski definition) is 6. The number of esters is 1. The first-order valence-electron chi connectivity index (χ1n) is 7.10. The molecule has 6 heteroatoms. The van der Waals surface area contributed by atoms with Crippen LogP contribution in [0, 0.1) is 0 Å². The van der Waals surface area contributed by atoms with Crippen molar-refractivity contribution < 1.29 is 9.53 Å². The summed E-state index contributed by atoms with van der Waals surface area (Å²) in [6.45, 7) is 2.07. The van der Waals surface area contributed by atoms with E-state index in [1.54, 1.807) is 6.92 Å². The number of nitrogen functional groups attached to an aromatic ring is 1. The number of anilines is 1. The molecule has 0 radical (unpaired) electrons. The van der Waals surface area contributed by atoms with Crippen molar-refractivity contribution in [3.05, 3.63) is 17.6 Å². The minimum atomic E-state index is -0.462. The molecule has 1 aliphatic rings. The van der Waals surface area contributed by atoms with Gasteiger partial charge >= 0.3 is 5.97 Å². The van der Waals surface area contributed by atoms with Gasteiger partial charge in [0.2, 0.25) is 0 Å². The summed E-state index contributed by atoms with van der Waals surface area (Å²) in [6, 6.07) is 0. The van der Waals surface area contributed by atoms with E-state index in [2.05, 4.69) is 9.97 Å². The maximum Gasteiger partial charge on any atom is 0.343 e. The van der Waals surface area contributed by atoms with Crippen molar-refractivity contribution in [2.45, 2.75) is 50.0 Å². The molecule has 0 saturated heterocycles. The fourth-order valence-corrected chi connectivity index (χ4v) is 3.48. The molecule has 1 aromatic heterocycles. The molecule has 5 nitrogen and oxygen atoms in total. The van der Waals surface area contributed by atoms with Crippen LogP contribution in [0.4, 0.5) is 5.82 Å². The summed E-state index contributed by atoms with van der Waals surface area (Å²) in [4.78, 5) is 20.0. The molecular formula is C14H21N3O2S. The van der Waals surface area contributed by atoms with Crippen LogP contribution in [0.5, 0.6) is 0 Å². The topological polar surface area (TPSA) is 78.1 Å². The van der Waals surface area contributed by atoms with E-state index in [1.165, 1.54) is 38.3 Å². The van der Waals surface area contributed by atoms with Crippen molar-refractivity contribution in [3.8, 4) is 0 Å². The van der Waals surface area contributed by atoms with Gasteiger partial charge in [0, 0.05) is 11.4 Å². The van der Waals surface area contributed by atoms with Crippen LogP contribution >= 0.6 is 11.8 Å². The van der Waals surface area contributed by atoms with Crippen LogP contribution in [-0.4, -0.2) is 27.8 Å². The maximum absolute atomic E-state index is 11.6. The molecule has 0 aliphatic heterocycles. The Balaban J connectivity index is 1.92. The second-order valence-electron chi connectivity index (χ2n) is 4.88. The number of aromatic nitrogens is 2. The van der Waals surface area contributed by atoms with Gasteiger partial charge in [0.25, 0.3) is 0 Å². The molecule has 0 bridgehead atoms. The average molecular weight is 295 g/mol. The lowest BCUT2D eigenvalue weighted by Crippen LogP contribution is -2.12. The van der Waals surface area contributed by atoms with E-state index in [0.717, 1.165) is 5.75 Å². The van der Waals surface area contributed by atoms with E-state index < -0.39 is 5.97 Å². The molecule has 0 amide bonds. The number of rotatable bonds is 5. The van der Waals surface area contributed by atoms with Crippen LogP contribution < -0.4 is 5.73 Å². The molecule has 0 aromatic carbocycles. The van der Waals surface area contributed by atoms with Crippen LogP contribution in [0.1, 0.15) is 55.2 Å². The normalized spacial score (nSPS) is 16.1. The second kappa shape index (κ2) is 7.47. The number of carbonyl (C=O) groups excluding carboxylic acids is 1. The lowest BCUT2D eigenvalue weighted by Gasteiger charge is -2.20. The predicted molar refractivity (Wildman–Crippen MR) is 80.6 cm³/mol. The van der Waals surface area contributed by atoms with Gasteiger partial charge in [-0.15, -0.1) is 0 Å². The minimum Gasteiger partial charge on any atom is -0.462 e. The van der Waals surface area contributed by atoms with E-state index >= 15 is 0 Å². The van der Waals surface area contributed by atoms with Gasteiger partial charge in [-0.1, -0.05) is 19.3 Å². The van der Waals surface area contributed by atoms with E-state index in [0.29, 0.717) is 17.7 Å². The summed E-state index contributed by atoms with van der Waals surface area (Å²) in [5, 5.41) is 0.707. The van der Waals surface area contributed by atoms with Gasteiger partial charge in [0.15, 0.2) is 0 Å². The van der Waals surface area contributed by atoms with E-state index in [-0.39, 0.29) is 11.4 Å². The quantitative estimate of drug-likeness (QED) is 0.842. The molecule has 2 rings (SSSR count). The van der Waals surface area contributed by atoms with Gasteiger partial charge in [-0.25, -0.2) is 14.8 Å². The van der Waals surface area contributed by atoms with Crippen molar-refractivity contribution in [1.29, 1.82) is 0 Å². The van der Waals surface area contributed by atoms with Gasteiger partial charge in [-0.2, -0.15) is 11.8 Å². The van der Waals surface area contributed by atoms with E-state index in [9.17, 15) is 4.79 Å². The van der Waals surface area contributed by atoms with E-state index in [1.807, 2.05) is 11.8 Å². The van der Waals surface area contributed by atoms with Crippen molar-refractivity contribution in [1.82, 2.24) is 9.97 Å². The zero-order valence-corrected chi connectivity index (χ0v) is 12.6. The number of nitrogens with two attached hydrogens (primary N) is 1. The third kappa shape index (κ3) is 4.10. The zero-order chi connectivity index (χ0) is 14.4. The molecule has 0 spiro atoms. The van der Waals surface area contributed by atoms with E-state index in [4.69, 9.17) is 10.5 Å². The Morgan fingerprint density at radius 2 is 2.20 bits per heavy atom. The number of nitrogens with zero attached hydrogens (tertiary/aromatic N) is 2. The SMILES string of the molecule is CCOC(=O)c1cnc(CSC2CCCCC2)nc1N. The van der Waals surface area contributed by atoms with Crippen molar-refractivity contribution in [2.75, 3.05) is 12.3 Å². The molecule has 1 aliphatic carbocycles. The number of carbonyl (C=O) groups is 1. The first kappa shape index (κ1) is 15.1. The molecule has 1 aromatic rings. The van der Waals surface area contributed by atoms with Crippen LogP contribution in [-0.2, 0) is 10.5 Å². The first-order valence-corrected chi connectivity index (χ1v) is 8.15. The van der Waals surface area contributed by atoms with Crippen LogP contribution in [0.15, 0.2) is 6.20 Å². The Kier molecular flexibility index (Phi) is 5.64. The summed E-state index contributed by atoms with van der Waals surface area (Å²) in [5.41, 5.74) is 6.05. The highest BCUT2D eigenvalue weighted by atomic mass is 32.2. The fourth-order valence-electron chi connectivity index (χ4n) is 2.29. The molecule has 0 unspecified atom stereocenters. The van der Waals surface area contributed by atoms with Crippen LogP contribution in [0.25, 0.3) is 0 Å². The third-order valence-corrected chi connectivity index (χ3v) is 4.73. The second-order valence-corrected chi connectivity index (χ2v) is 6.17. The molecular weight excluding hydrogens is 274 g/mol. The maximum atomic E-state index is 11.6. The van der Waals surface area contributed by atoms with Gasteiger partial charge in [-0.05, 0) is 19.8 Å². The van der Waals surface area contributed by atoms with Crippen molar-refractivity contribution >= 4 is 23.5 Å². The summed E-state index contributed by atoms with van der Waals surface area (Å²) >= 11 is 1.89. The standard InChI is InChI=1S/C14H21N3O2S/c1-2-19-14(18)11-8-16-12(17-13(11)15)9-20-10-6-4-3-5-7-10/h8,10H,2-7,9H2,1H3,(H2,15,16,17). The van der Waals surface area contributed by atoms with Gasteiger partial charge in [-0.3, -0.25) is 0 Å². The Bertz CT molecular complexity index is 462. The number of ether oxygens (including phenoxy) is 1. The predicted octanol–water partition coefficient (Wildman–Crippen LogP) is 2.80. The Hall–Kier alpha value is -1.30. The highest BCUT2D eigenvalue weighted by molar-refractivity contribution is 7.99. The minimum absolute atomic E-state index is 0.206. The number of thioether (sulfide) groups is 1. The molecule has 0 atom stereocenters.